The van der Waals surface area contributed by atoms with Crippen LogP contribution in [0.25, 0.3) is 0 Å². The molecule has 12 heavy (non-hydrogen) atoms. The van der Waals surface area contributed by atoms with Crippen molar-refractivity contribution < 1.29 is 15.0 Å². The number of carboxylic acids is 1. The van der Waals surface area contributed by atoms with Crippen molar-refractivity contribution in [3.63, 3.8) is 0 Å². The molecule has 0 rings (SSSR count). The van der Waals surface area contributed by atoms with E-state index in [4.69, 9.17) is 5.11 Å². The van der Waals surface area contributed by atoms with E-state index in [0.717, 1.165) is 6.42 Å². The minimum atomic E-state index is -1.60. The zero-order chi connectivity index (χ0) is 9.99. The van der Waals surface area contributed by atoms with Crippen molar-refractivity contribution in [2.24, 2.45) is 5.41 Å². The first-order valence-electron chi connectivity index (χ1n) is 4.17. The van der Waals surface area contributed by atoms with E-state index < -0.39 is 11.6 Å². The van der Waals surface area contributed by atoms with Crippen LogP contribution >= 0.6 is 0 Å². The van der Waals surface area contributed by atoms with E-state index in [-0.39, 0.29) is 11.8 Å². The molecule has 0 aromatic heterocycles. The second-order valence-corrected chi connectivity index (χ2v) is 4.27. The molecule has 0 aliphatic rings. The van der Waals surface area contributed by atoms with Crippen molar-refractivity contribution >= 4 is 5.97 Å². The third-order valence-corrected chi connectivity index (χ3v) is 2.24. The molecule has 1 unspecified atom stereocenters. The van der Waals surface area contributed by atoms with Crippen molar-refractivity contribution in [3.05, 3.63) is 0 Å². The molecule has 0 aliphatic carbocycles. The highest BCUT2D eigenvalue weighted by atomic mass is 16.4. The van der Waals surface area contributed by atoms with Crippen LogP contribution < -0.4 is 0 Å². The highest BCUT2D eigenvalue weighted by Gasteiger charge is 2.35. The number of aliphatic hydroxyl groups is 1. The van der Waals surface area contributed by atoms with E-state index in [0.29, 0.717) is 0 Å². The summed E-state index contributed by atoms with van der Waals surface area (Å²) in [5.74, 6) is -1.15. The van der Waals surface area contributed by atoms with Crippen LogP contribution in [-0.2, 0) is 4.79 Å². The molecule has 0 aromatic carbocycles. The summed E-state index contributed by atoms with van der Waals surface area (Å²) in [7, 11) is 0. The Morgan fingerprint density at radius 3 is 2.00 bits per heavy atom. The molecule has 0 spiro atoms. The van der Waals surface area contributed by atoms with Crippen LogP contribution in [0.5, 0.6) is 0 Å². The number of rotatable bonds is 4. The molecule has 0 aromatic rings. The zero-order valence-corrected chi connectivity index (χ0v) is 8.22. The van der Waals surface area contributed by atoms with Gasteiger partial charge >= 0.3 is 5.97 Å². The van der Waals surface area contributed by atoms with Crippen molar-refractivity contribution in [2.45, 2.75) is 46.1 Å². The Kier molecular flexibility index (Phi) is 3.27. The molecule has 0 heterocycles. The van der Waals surface area contributed by atoms with Gasteiger partial charge in [-0.25, -0.2) is 4.79 Å². The minimum Gasteiger partial charge on any atom is -0.479 e. The normalized spacial score (nSPS) is 17.1. The van der Waals surface area contributed by atoms with Gasteiger partial charge in [-0.15, -0.1) is 0 Å². The summed E-state index contributed by atoms with van der Waals surface area (Å²) in [5, 5.41) is 18.1. The van der Waals surface area contributed by atoms with Crippen LogP contribution in [0.15, 0.2) is 0 Å². The Bertz CT molecular complexity index is 171. The summed E-state index contributed by atoms with van der Waals surface area (Å²) in [5.41, 5.74) is -1.72. The minimum absolute atomic E-state index is 0.123. The van der Waals surface area contributed by atoms with Gasteiger partial charge in [-0.3, -0.25) is 0 Å². The maximum atomic E-state index is 10.6. The fraction of sp³-hybridized carbons (Fsp3) is 0.889. The lowest BCUT2D eigenvalue weighted by molar-refractivity contribution is -0.159. The summed E-state index contributed by atoms with van der Waals surface area (Å²) < 4.78 is 0. The Balaban J connectivity index is 4.34. The average molecular weight is 174 g/mol. The molecule has 0 radical (unpaired) electrons. The molecular weight excluding hydrogens is 156 g/mol. The number of carboxylic acid groups (broad SMARTS) is 1. The number of hydrogen-bond acceptors (Lipinski definition) is 2. The second kappa shape index (κ2) is 3.44. The average Bonchev–Trinajstić information content (AvgIpc) is 1.85. The molecule has 0 saturated carbocycles. The highest BCUT2D eigenvalue weighted by Crippen LogP contribution is 2.30. The predicted molar refractivity (Wildman–Crippen MR) is 46.9 cm³/mol. The van der Waals surface area contributed by atoms with Gasteiger partial charge in [-0.1, -0.05) is 27.2 Å². The number of carbonyl (C=O) groups is 1. The maximum absolute atomic E-state index is 10.6. The molecule has 3 heteroatoms. The van der Waals surface area contributed by atoms with Gasteiger partial charge in [0.1, 0.15) is 0 Å². The van der Waals surface area contributed by atoms with E-state index in [1.165, 1.54) is 6.92 Å². The fourth-order valence-electron chi connectivity index (χ4n) is 1.13. The van der Waals surface area contributed by atoms with E-state index in [9.17, 15) is 9.90 Å². The Morgan fingerprint density at radius 1 is 1.33 bits per heavy atom. The lowest BCUT2D eigenvalue weighted by Crippen LogP contribution is -2.39. The van der Waals surface area contributed by atoms with Gasteiger partial charge in [0, 0.05) is 0 Å². The highest BCUT2D eigenvalue weighted by molar-refractivity contribution is 5.76. The van der Waals surface area contributed by atoms with E-state index >= 15 is 0 Å². The standard InChI is InChI=1S/C9H18O3/c1-5-8(2,3)6-9(4,12)7(10)11/h12H,5-6H2,1-4H3,(H,10,11). The number of aliphatic carboxylic acids is 1. The molecule has 0 aliphatic heterocycles. The summed E-state index contributed by atoms with van der Waals surface area (Å²) in [4.78, 5) is 10.6. The summed E-state index contributed by atoms with van der Waals surface area (Å²) >= 11 is 0. The van der Waals surface area contributed by atoms with Gasteiger partial charge < -0.3 is 10.2 Å². The molecule has 72 valence electrons. The number of hydrogen-bond donors (Lipinski definition) is 2. The SMILES string of the molecule is CCC(C)(C)CC(C)(O)C(=O)O. The van der Waals surface area contributed by atoms with Crippen molar-refractivity contribution in [1.82, 2.24) is 0 Å². The maximum Gasteiger partial charge on any atom is 0.335 e. The molecule has 2 N–H and O–H groups in total. The zero-order valence-electron chi connectivity index (χ0n) is 8.22. The molecule has 3 nitrogen and oxygen atoms in total. The third-order valence-electron chi connectivity index (χ3n) is 2.24. The molecule has 0 bridgehead atoms. The lowest BCUT2D eigenvalue weighted by Gasteiger charge is -2.29. The van der Waals surface area contributed by atoms with Gasteiger partial charge in [-0.05, 0) is 18.8 Å². The van der Waals surface area contributed by atoms with Gasteiger partial charge in [-0.2, -0.15) is 0 Å². The summed E-state index contributed by atoms with van der Waals surface area (Å²) in [6, 6.07) is 0. The topological polar surface area (TPSA) is 57.5 Å². The predicted octanol–water partition coefficient (Wildman–Crippen LogP) is 1.65. The van der Waals surface area contributed by atoms with Crippen molar-refractivity contribution in [3.8, 4) is 0 Å². The Hall–Kier alpha value is -0.570. The third kappa shape index (κ3) is 3.22. The molecule has 0 fully saturated rings. The smallest absolute Gasteiger partial charge is 0.335 e. The summed E-state index contributed by atoms with van der Waals surface area (Å²) in [6.07, 6.45) is 1.14. The Labute approximate surface area is 73.4 Å². The molecule has 0 amide bonds. The second-order valence-electron chi connectivity index (χ2n) is 4.27. The first kappa shape index (κ1) is 11.4. The van der Waals surface area contributed by atoms with Gasteiger partial charge in [0.05, 0.1) is 0 Å². The van der Waals surface area contributed by atoms with Crippen LogP contribution in [0.4, 0.5) is 0 Å². The van der Waals surface area contributed by atoms with Crippen LogP contribution in [0.2, 0.25) is 0 Å². The van der Waals surface area contributed by atoms with E-state index in [1.807, 2.05) is 20.8 Å². The largest absolute Gasteiger partial charge is 0.479 e. The van der Waals surface area contributed by atoms with Crippen LogP contribution in [0.1, 0.15) is 40.5 Å². The van der Waals surface area contributed by atoms with Gasteiger partial charge in [0.25, 0.3) is 0 Å². The van der Waals surface area contributed by atoms with Crippen molar-refractivity contribution in [1.29, 1.82) is 0 Å². The van der Waals surface area contributed by atoms with Gasteiger partial charge in [0.15, 0.2) is 5.60 Å². The van der Waals surface area contributed by atoms with Crippen LogP contribution in [-0.4, -0.2) is 21.8 Å². The molecule has 0 saturated heterocycles. The van der Waals surface area contributed by atoms with Crippen LogP contribution in [0, 0.1) is 5.41 Å². The monoisotopic (exact) mass is 174 g/mol. The van der Waals surface area contributed by atoms with E-state index in [2.05, 4.69) is 0 Å². The first-order valence-corrected chi connectivity index (χ1v) is 4.17. The van der Waals surface area contributed by atoms with E-state index in [1.54, 1.807) is 0 Å². The van der Waals surface area contributed by atoms with Crippen LogP contribution in [0.3, 0.4) is 0 Å². The lowest BCUT2D eigenvalue weighted by atomic mass is 9.79. The van der Waals surface area contributed by atoms with Crippen molar-refractivity contribution in [2.75, 3.05) is 0 Å². The molecule has 1 atom stereocenters. The molecular formula is C9H18O3. The fourth-order valence-corrected chi connectivity index (χ4v) is 1.13. The Morgan fingerprint density at radius 2 is 1.75 bits per heavy atom. The van der Waals surface area contributed by atoms with Gasteiger partial charge in [0.2, 0.25) is 0 Å². The quantitative estimate of drug-likeness (QED) is 0.681. The first-order chi connectivity index (χ1) is 5.21. The summed E-state index contributed by atoms with van der Waals surface area (Å²) in [6.45, 7) is 7.22.